The van der Waals surface area contributed by atoms with Gasteiger partial charge in [0.05, 0.1) is 6.54 Å². The van der Waals surface area contributed by atoms with Gasteiger partial charge in [-0.05, 0) is 44.4 Å². The van der Waals surface area contributed by atoms with Gasteiger partial charge in [-0.3, -0.25) is 0 Å². The molecular formula is C12H18N2O3S. The molecule has 6 heteroatoms. The Balaban J connectivity index is 1.75. The monoisotopic (exact) mass is 270 g/mol. The van der Waals surface area contributed by atoms with Crippen LogP contribution in [0.3, 0.4) is 0 Å². The minimum absolute atomic E-state index is 0.183. The Morgan fingerprint density at radius 1 is 1.39 bits per heavy atom. The molecule has 5 nitrogen and oxygen atoms in total. The van der Waals surface area contributed by atoms with Gasteiger partial charge in [-0.1, -0.05) is 11.6 Å². The predicted molar refractivity (Wildman–Crippen MR) is 68.3 cm³/mol. The summed E-state index contributed by atoms with van der Waals surface area (Å²) < 4.78 is 27.1. The van der Waals surface area contributed by atoms with Gasteiger partial charge in [0.2, 0.25) is 5.09 Å². The molecule has 0 radical (unpaired) electrons. The Morgan fingerprint density at radius 3 is 2.83 bits per heavy atom. The first kappa shape index (κ1) is 13.3. The lowest BCUT2D eigenvalue weighted by atomic mass is 10.2. The van der Waals surface area contributed by atoms with E-state index in [2.05, 4.69) is 11.4 Å². The van der Waals surface area contributed by atoms with Gasteiger partial charge < -0.3 is 9.73 Å². The summed E-state index contributed by atoms with van der Waals surface area (Å²) >= 11 is 0. The van der Waals surface area contributed by atoms with Crippen LogP contribution in [-0.4, -0.2) is 15.0 Å². The smallest absolute Gasteiger partial charge is 0.271 e. The largest absolute Gasteiger partial charge is 0.447 e. The molecule has 18 heavy (non-hydrogen) atoms. The molecule has 0 bridgehead atoms. The van der Waals surface area contributed by atoms with Crippen molar-refractivity contribution in [1.82, 2.24) is 5.32 Å². The molecule has 0 saturated heterocycles. The van der Waals surface area contributed by atoms with Crippen molar-refractivity contribution in [3.63, 3.8) is 0 Å². The zero-order valence-electron chi connectivity index (χ0n) is 10.2. The normalized spacial score (nSPS) is 15.9. The number of allylic oxidation sites excluding steroid dienone is 1. The highest BCUT2D eigenvalue weighted by atomic mass is 32.2. The molecule has 0 amide bonds. The van der Waals surface area contributed by atoms with Gasteiger partial charge in [0.1, 0.15) is 5.76 Å². The van der Waals surface area contributed by atoms with Crippen LogP contribution in [-0.2, 0) is 16.6 Å². The molecule has 2 rings (SSSR count). The summed E-state index contributed by atoms with van der Waals surface area (Å²) in [5.74, 6) is 0.583. The summed E-state index contributed by atoms with van der Waals surface area (Å²) in [6.45, 7) is 1.39. The average molecular weight is 270 g/mol. The number of nitrogens with one attached hydrogen (secondary N) is 1. The Bertz CT molecular complexity index is 531. The zero-order chi connectivity index (χ0) is 13.0. The zero-order valence-corrected chi connectivity index (χ0v) is 11.0. The average Bonchev–Trinajstić information content (AvgIpc) is 2.95. The number of hydrogen-bond donors (Lipinski definition) is 2. The van der Waals surface area contributed by atoms with Crippen molar-refractivity contribution in [3.8, 4) is 0 Å². The van der Waals surface area contributed by atoms with Gasteiger partial charge in [0.25, 0.3) is 10.0 Å². The number of furan rings is 1. The summed E-state index contributed by atoms with van der Waals surface area (Å²) in [5, 5.41) is 8.00. The highest BCUT2D eigenvalue weighted by Gasteiger charge is 2.12. The van der Waals surface area contributed by atoms with Crippen LogP contribution in [0.5, 0.6) is 0 Å². The van der Waals surface area contributed by atoms with E-state index in [4.69, 9.17) is 9.56 Å². The molecule has 0 atom stereocenters. The van der Waals surface area contributed by atoms with Crippen LogP contribution in [0.4, 0.5) is 0 Å². The molecule has 0 spiro atoms. The van der Waals surface area contributed by atoms with Gasteiger partial charge in [0, 0.05) is 0 Å². The van der Waals surface area contributed by atoms with Crippen molar-refractivity contribution in [1.29, 1.82) is 0 Å². The van der Waals surface area contributed by atoms with Crippen LogP contribution in [0.2, 0.25) is 0 Å². The van der Waals surface area contributed by atoms with Crippen LogP contribution in [0.15, 0.2) is 33.3 Å². The summed E-state index contributed by atoms with van der Waals surface area (Å²) in [6.07, 6.45) is 7.02. The van der Waals surface area contributed by atoms with E-state index in [1.54, 1.807) is 6.07 Å². The lowest BCUT2D eigenvalue weighted by Crippen LogP contribution is -2.15. The van der Waals surface area contributed by atoms with E-state index in [9.17, 15) is 8.42 Å². The highest BCUT2D eigenvalue weighted by molar-refractivity contribution is 7.89. The maximum atomic E-state index is 11.0. The summed E-state index contributed by atoms with van der Waals surface area (Å²) in [6, 6.07) is 3.01. The topological polar surface area (TPSA) is 85.3 Å². The van der Waals surface area contributed by atoms with Crippen LogP contribution in [0.25, 0.3) is 0 Å². The van der Waals surface area contributed by atoms with E-state index >= 15 is 0 Å². The molecule has 0 fully saturated rings. The van der Waals surface area contributed by atoms with Crippen molar-refractivity contribution >= 4 is 10.0 Å². The minimum atomic E-state index is -3.73. The second-order valence-electron chi connectivity index (χ2n) is 4.45. The lowest BCUT2D eigenvalue weighted by molar-refractivity contribution is 0.403. The molecule has 1 aromatic rings. The maximum absolute atomic E-state index is 11.0. The number of nitrogens with two attached hydrogens (primary N) is 1. The highest BCUT2D eigenvalue weighted by Crippen LogP contribution is 2.19. The molecule has 0 aromatic carbocycles. The van der Waals surface area contributed by atoms with E-state index in [1.807, 2.05) is 0 Å². The summed E-state index contributed by atoms with van der Waals surface area (Å²) in [7, 11) is -3.73. The molecule has 3 N–H and O–H groups in total. The van der Waals surface area contributed by atoms with Crippen molar-refractivity contribution in [2.45, 2.75) is 37.3 Å². The fourth-order valence-corrected chi connectivity index (χ4v) is 2.51. The van der Waals surface area contributed by atoms with E-state index < -0.39 is 10.0 Å². The van der Waals surface area contributed by atoms with Gasteiger partial charge in [-0.2, -0.15) is 0 Å². The number of hydrogen-bond acceptors (Lipinski definition) is 4. The van der Waals surface area contributed by atoms with E-state index in [0.29, 0.717) is 12.3 Å². The van der Waals surface area contributed by atoms with Crippen molar-refractivity contribution in [2.24, 2.45) is 5.14 Å². The first-order valence-electron chi connectivity index (χ1n) is 6.06. The fourth-order valence-electron chi connectivity index (χ4n) is 2.03. The van der Waals surface area contributed by atoms with Gasteiger partial charge in [-0.25, -0.2) is 13.6 Å². The summed E-state index contributed by atoms with van der Waals surface area (Å²) in [5.41, 5.74) is 1.51. The fraction of sp³-hybridized carbons (Fsp3) is 0.500. The molecular weight excluding hydrogens is 252 g/mol. The lowest BCUT2D eigenvalue weighted by Gasteiger charge is -2.03. The third-order valence-electron chi connectivity index (χ3n) is 2.97. The number of sulfonamides is 1. The molecule has 1 heterocycles. The van der Waals surface area contributed by atoms with Crippen molar-refractivity contribution in [2.75, 3.05) is 6.54 Å². The SMILES string of the molecule is NS(=O)(=O)c1ccc(CNCCC2=CCCC2)o1. The molecule has 1 aromatic heterocycles. The van der Waals surface area contributed by atoms with Crippen molar-refractivity contribution < 1.29 is 12.8 Å². The Hall–Kier alpha value is -1.11. The van der Waals surface area contributed by atoms with E-state index in [0.717, 1.165) is 13.0 Å². The molecule has 0 saturated carbocycles. The minimum Gasteiger partial charge on any atom is -0.447 e. The Morgan fingerprint density at radius 2 is 2.22 bits per heavy atom. The Labute approximate surface area is 107 Å². The third kappa shape index (κ3) is 3.69. The first-order chi connectivity index (χ1) is 8.55. The van der Waals surface area contributed by atoms with Crippen LogP contribution in [0, 0.1) is 0 Å². The Kier molecular flexibility index (Phi) is 4.21. The predicted octanol–water partition coefficient (Wildman–Crippen LogP) is 1.52. The first-order valence-corrected chi connectivity index (χ1v) is 7.60. The van der Waals surface area contributed by atoms with Crippen LogP contribution < -0.4 is 10.5 Å². The third-order valence-corrected chi connectivity index (χ3v) is 3.75. The van der Waals surface area contributed by atoms with Crippen LogP contribution >= 0.6 is 0 Å². The second-order valence-corrected chi connectivity index (χ2v) is 5.94. The van der Waals surface area contributed by atoms with Crippen molar-refractivity contribution in [3.05, 3.63) is 29.5 Å². The van der Waals surface area contributed by atoms with Gasteiger partial charge in [-0.15, -0.1) is 0 Å². The van der Waals surface area contributed by atoms with E-state index in [1.165, 1.54) is 30.9 Å². The van der Waals surface area contributed by atoms with Gasteiger partial charge in [0.15, 0.2) is 0 Å². The molecule has 1 aliphatic carbocycles. The van der Waals surface area contributed by atoms with Crippen LogP contribution in [0.1, 0.15) is 31.4 Å². The summed E-state index contributed by atoms with van der Waals surface area (Å²) in [4.78, 5) is 0. The molecule has 100 valence electrons. The van der Waals surface area contributed by atoms with Gasteiger partial charge >= 0.3 is 0 Å². The maximum Gasteiger partial charge on any atom is 0.271 e. The molecule has 1 aliphatic rings. The second kappa shape index (κ2) is 5.69. The quantitative estimate of drug-likeness (QED) is 0.606. The molecule has 0 unspecified atom stereocenters. The standard InChI is InChI=1S/C12H18N2O3S/c13-18(15,16)12-6-5-11(17-12)9-14-8-7-10-3-1-2-4-10/h3,5-6,14H,1-2,4,7-9H2,(H2,13,15,16). The number of rotatable bonds is 6. The number of primary sulfonamides is 1. The van der Waals surface area contributed by atoms with E-state index in [-0.39, 0.29) is 5.09 Å². The molecule has 0 aliphatic heterocycles.